The molecule has 0 unspecified atom stereocenters. The van der Waals surface area contributed by atoms with Gasteiger partial charge in [-0.3, -0.25) is 0 Å². The fourth-order valence-corrected chi connectivity index (χ4v) is 2.66. The molecule has 0 fully saturated rings. The van der Waals surface area contributed by atoms with Crippen LogP contribution in [-0.4, -0.2) is 36.6 Å². The largest absolute Gasteiger partial charge is 0.357 e. The third-order valence-electron chi connectivity index (χ3n) is 4.01. The molecule has 0 bridgehead atoms. The molecule has 2 rings (SSSR count). The quantitative estimate of drug-likeness (QED) is 0.461. The second kappa shape index (κ2) is 9.18. The van der Waals surface area contributed by atoms with E-state index >= 15 is 0 Å². The summed E-state index contributed by atoms with van der Waals surface area (Å²) >= 11 is 0. The fraction of sp³-hybridized carbons (Fsp3) is 0.556. The second-order valence-electron chi connectivity index (χ2n) is 5.68. The van der Waals surface area contributed by atoms with E-state index in [9.17, 15) is 0 Å². The SMILES string of the molecule is CCNC(=NCc1ccc(N(CC)CC)nc1)NC1CC=CC1. The highest BCUT2D eigenvalue weighted by molar-refractivity contribution is 5.80. The van der Waals surface area contributed by atoms with Gasteiger partial charge in [-0.25, -0.2) is 9.98 Å². The Hall–Kier alpha value is -2.04. The predicted molar refractivity (Wildman–Crippen MR) is 97.9 cm³/mol. The third kappa shape index (κ3) is 5.27. The third-order valence-corrected chi connectivity index (χ3v) is 4.01. The number of nitrogens with zero attached hydrogens (tertiary/aromatic N) is 3. The van der Waals surface area contributed by atoms with Crippen molar-refractivity contribution in [1.82, 2.24) is 15.6 Å². The van der Waals surface area contributed by atoms with Gasteiger partial charge in [-0.1, -0.05) is 18.2 Å². The predicted octanol–water partition coefficient (Wildman–Crippen LogP) is 2.70. The highest BCUT2D eigenvalue weighted by atomic mass is 15.2. The molecule has 1 heterocycles. The molecule has 5 nitrogen and oxygen atoms in total. The van der Waals surface area contributed by atoms with E-state index in [1.165, 1.54) is 0 Å². The molecule has 0 spiro atoms. The van der Waals surface area contributed by atoms with Crippen molar-refractivity contribution >= 4 is 11.8 Å². The van der Waals surface area contributed by atoms with Gasteiger partial charge in [-0.05, 0) is 45.2 Å². The lowest BCUT2D eigenvalue weighted by Gasteiger charge is -2.19. The first-order chi connectivity index (χ1) is 11.3. The lowest BCUT2D eigenvalue weighted by Crippen LogP contribution is -2.42. The van der Waals surface area contributed by atoms with Gasteiger partial charge in [0.1, 0.15) is 5.82 Å². The van der Waals surface area contributed by atoms with Gasteiger partial charge < -0.3 is 15.5 Å². The molecule has 1 aromatic rings. The maximum atomic E-state index is 4.68. The summed E-state index contributed by atoms with van der Waals surface area (Å²) in [6, 6.07) is 4.67. The molecule has 1 aliphatic rings. The molecule has 0 amide bonds. The first-order valence-corrected chi connectivity index (χ1v) is 8.66. The summed E-state index contributed by atoms with van der Waals surface area (Å²) in [5.41, 5.74) is 1.13. The van der Waals surface area contributed by atoms with Crippen molar-refractivity contribution in [2.24, 2.45) is 4.99 Å². The lowest BCUT2D eigenvalue weighted by molar-refractivity contribution is 0.633. The highest BCUT2D eigenvalue weighted by Gasteiger charge is 2.11. The van der Waals surface area contributed by atoms with Crippen LogP contribution in [0.25, 0.3) is 0 Å². The molecule has 0 radical (unpaired) electrons. The Labute approximate surface area is 139 Å². The summed E-state index contributed by atoms with van der Waals surface area (Å²) in [6.45, 7) is 9.84. The van der Waals surface area contributed by atoms with Crippen LogP contribution in [0.4, 0.5) is 5.82 Å². The molecular weight excluding hydrogens is 286 g/mol. The number of hydrogen-bond donors (Lipinski definition) is 2. The first kappa shape index (κ1) is 17.3. The van der Waals surface area contributed by atoms with E-state index in [0.29, 0.717) is 12.6 Å². The number of aromatic nitrogens is 1. The van der Waals surface area contributed by atoms with Crippen LogP contribution >= 0.6 is 0 Å². The molecule has 1 aromatic heterocycles. The van der Waals surface area contributed by atoms with E-state index in [-0.39, 0.29) is 0 Å². The molecule has 2 N–H and O–H groups in total. The number of nitrogens with one attached hydrogen (secondary N) is 2. The van der Waals surface area contributed by atoms with E-state index in [1.54, 1.807) is 0 Å². The minimum Gasteiger partial charge on any atom is -0.357 e. The topological polar surface area (TPSA) is 52.6 Å². The maximum absolute atomic E-state index is 4.68. The average Bonchev–Trinajstić information content (AvgIpc) is 3.08. The van der Waals surface area contributed by atoms with Crippen LogP contribution in [0.2, 0.25) is 0 Å². The molecular formula is C18H29N5. The van der Waals surface area contributed by atoms with Gasteiger partial charge in [0.2, 0.25) is 0 Å². The Kier molecular flexibility index (Phi) is 6.91. The molecule has 0 saturated carbocycles. The Morgan fingerprint density at radius 1 is 1.22 bits per heavy atom. The van der Waals surface area contributed by atoms with Crippen molar-refractivity contribution in [3.05, 3.63) is 36.0 Å². The van der Waals surface area contributed by atoms with Crippen molar-refractivity contribution in [3.8, 4) is 0 Å². The van der Waals surface area contributed by atoms with Crippen LogP contribution in [0.1, 0.15) is 39.2 Å². The van der Waals surface area contributed by atoms with Gasteiger partial charge in [0.25, 0.3) is 0 Å². The zero-order chi connectivity index (χ0) is 16.5. The minimum atomic E-state index is 0.468. The molecule has 0 saturated heterocycles. The fourth-order valence-electron chi connectivity index (χ4n) is 2.66. The molecule has 0 atom stereocenters. The van der Waals surface area contributed by atoms with E-state index < -0.39 is 0 Å². The number of aliphatic imine (C=N–C) groups is 1. The lowest BCUT2D eigenvalue weighted by atomic mass is 10.2. The van der Waals surface area contributed by atoms with Gasteiger partial charge in [0.05, 0.1) is 6.54 Å². The zero-order valence-corrected chi connectivity index (χ0v) is 14.5. The first-order valence-electron chi connectivity index (χ1n) is 8.66. The van der Waals surface area contributed by atoms with E-state index in [0.717, 1.165) is 49.8 Å². The van der Waals surface area contributed by atoms with Crippen molar-refractivity contribution in [2.45, 2.75) is 46.2 Å². The molecule has 0 aliphatic heterocycles. The van der Waals surface area contributed by atoms with E-state index in [2.05, 4.69) is 70.6 Å². The van der Waals surface area contributed by atoms with Crippen LogP contribution in [0, 0.1) is 0 Å². The normalized spacial score (nSPS) is 15.0. The summed E-state index contributed by atoms with van der Waals surface area (Å²) in [5.74, 6) is 1.92. The van der Waals surface area contributed by atoms with Crippen LogP contribution in [0.5, 0.6) is 0 Å². The van der Waals surface area contributed by atoms with Crippen LogP contribution in [0.15, 0.2) is 35.5 Å². The van der Waals surface area contributed by atoms with E-state index in [1.807, 2.05) is 6.20 Å². The van der Waals surface area contributed by atoms with E-state index in [4.69, 9.17) is 0 Å². The van der Waals surface area contributed by atoms with Gasteiger partial charge in [0.15, 0.2) is 5.96 Å². The highest BCUT2D eigenvalue weighted by Crippen LogP contribution is 2.12. The van der Waals surface area contributed by atoms with Gasteiger partial charge in [-0.2, -0.15) is 0 Å². The monoisotopic (exact) mass is 315 g/mol. The minimum absolute atomic E-state index is 0.468. The Morgan fingerprint density at radius 2 is 1.96 bits per heavy atom. The number of guanidine groups is 1. The Bertz CT molecular complexity index is 509. The van der Waals surface area contributed by atoms with Crippen molar-refractivity contribution < 1.29 is 0 Å². The second-order valence-corrected chi connectivity index (χ2v) is 5.68. The summed E-state index contributed by atoms with van der Waals surface area (Å²) in [4.78, 5) is 11.5. The molecule has 23 heavy (non-hydrogen) atoms. The van der Waals surface area contributed by atoms with Crippen LogP contribution < -0.4 is 15.5 Å². The Balaban J connectivity index is 1.95. The number of anilines is 1. The summed E-state index contributed by atoms with van der Waals surface area (Å²) in [6.07, 6.45) is 8.51. The summed E-state index contributed by atoms with van der Waals surface area (Å²) in [7, 11) is 0. The zero-order valence-electron chi connectivity index (χ0n) is 14.5. The van der Waals surface area contributed by atoms with Crippen molar-refractivity contribution in [1.29, 1.82) is 0 Å². The van der Waals surface area contributed by atoms with Gasteiger partial charge in [-0.15, -0.1) is 0 Å². The van der Waals surface area contributed by atoms with Crippen LogP contribution in [0.3, 0.4) is 0 Å². The number of rotatable bonds is 7. The van der Waals surface area contributed by atoms with Crippen molar-refractivity contribution in [2.75, 3.05) is 24.5 Å². The number of hydrogen-bond acceptors (Lipinski definition) is 3. The smallest absolute Gasteiger partial charge is 0.191 e. The summed E-state index contributed by atoms with van der Waals surface area (Å²) in [5, 5.41) is 6.79. The van der Waals surface area contributed by atoms with Gasteiger partial charge >= 0.3 is 0 Å². The molecule has 0 aromatic carbocycles. The number of pyridine rings is 1. The maximum Gasteiger partial charge on any atom is 0.191 e. The molecule has 126 valence electrons. The Morgan fingerprint density at radius 3 is 2.52 bits per heavy atom. The molecule has 1 aliphatic carbocycles. The van der Waals surface area contributed by atoms with Crippen LogP contribution in [-0.2, 0) is 6.54 Å². The standard InChI is InChI=1S/C18H29N5/c1-4-19-18(22-16-9-7-8-10-16)21-14-15-11-12-17(20-13-15)23(5-2)6-3/h7-8,11-13,16H,4-6,9-10,14H2,1-3H3,(H2,19,21,22). The average molecular weight is 315 g/mol. The van der Waals surface area contributed by atoms with Gasteiger partial charge in [0, 0.05) is 31.9 Å². The summed E-state index contributed by atoms with van der Waals surface area (Å²) < 4.78 is 0. The molecule has 5 heteroatoms. The van der Waals surface area contributed by atoms with Crippen molar-refractivity contribution in [3.63, 3.8) is 0 Å².